The molecule has 0 spiro atoms. The van der Waals surface area contributed by atoms with Gasteiger partial charge in [-0.3, -0.25) is 9.20 Å². The van der Waals surface area contributed by atoms with Gasteiger partial charge in [-0.2, -0.15) is 4.98 Å². The average Bonchev–Trinajstić information content (AvgIpc) is 3.22. The fourth-order valence-electron chi connectivity index (χ4n) is 4.16. The zero-order chi connectivity index (χ0) is 21.5. The van der Waals surface area contributed by atoms with E-state index in [1.165, 1.54) is 11.3 Å². The fraction of sp³-hybridized carbons (Fsp3) is 0.217. The number of nitrogens with one attached hydrogen (secondary N) is 1. The smallest absolute Gasteiger partial charge is 0.268 e. The third kappa shape index (κ3) is 3.15. The van der Waals surface area contributed by atoms with Crippen LogP contribution < -0.4 is 20.3 Å². The normalized spacial score (nSPS) is 15.6. The van der Waals surface area contributed by atoms with Gasteiger partial charge < -0.3 is 19.9 Å². The molecule has 0 radical (unpaired) electrons. The number of thiazole rings is 1. The lowest BCUT2D eigenvalue weighted by atomic mass is 9.90. The summed E-state index contributed by atoms with van der Waals surface area (Å²) in [7, 11) is 3.17. The number of hydrogen-bond donors (Lipinski definition) is 2. The maximum Gasteiger partial charge on any atom is 0.268 e. The zero-order valence-electron chi connectivity index (χ0n) is 17.1. The number of methoxy groups -OCH3 is 2. The lowest BCUT2D eigenvalue weighted by molar-refractivity contribution is 0.352. The SMILES string of the molecule is COc1cc2c(cc1OC)C(c1c(O)nc3scc(-c4ccccc4)n3c1=O)NCC2. The molecule has 0 saturated carbocycles. The molecule has 1 unspecified atom stereocenters. The van der Waals surface area contributed by atoms with Crippen molar-refractivity contribution in [3.05, 3.63) is 74.9 Å². The Hall–Kier alpha value is -3.36. The van der Waals surface area contributed by atoms with Crippen molar-refractivity contribution in [2.24, 2.45) is 0 Å². The Labute approximate surface area is 182 Å². The highest BCUT2D eigenvalue weighted by molar-refractivity contribution is 7.15. The monoisotopic (exact) mass is 435 g/mol. The minimum absolute atomic E-state index is 0.223. The van der Waals surface area contributed by atoms with E-state index in [4.69, 9.17) is 9.47 Å². The van der Waals surface area contributed by atoms with Crippen molar-refractivity contribution in [2.75, 3.05) is 20.8 Å². The average molecular weight is 436 g/mol. The van der Waals surface area contributed by atoms with Gasteiger partial charge in [-0.25, -0.2) is 0 Å². The molecule has 0 amide bonds. The molecule has 3 heterocycles. The Morgan fingerprint density at radius 3 is 2.65 bits per heavy atom. The molecule has 2 aromatic carbocycles. The van der Waals surface area contributed by atoms with Crippen LogP contribution in [0, 0.1) is 0 Å². The summed E-state index contributed by atoms with van der Waals surface area (Å²) in [6.07, 6.45) is 0.775. The second kappa shape index (κ2) is 7.72. The first-order valence-electron chi connectivity index (χ1n) is 9.89. The van der Waals surface area contributed by atoms with Crippen LogP contribution >= 0.6 is 11.3 Å². The molecule has 158 valence electrons. The Morgan fingerprint density at radius 2 is 1.90 bits per heavy atom. The van der Waals surface area contributed by atoms with E-state index in [9.17, 15) is 9.90 Å². The molecule has 5 rings (SSSR count). The van der Waals surface area contributed by atoms with E-state index in [2.05, 4.69) is 10.3 Å². The maximum absolute atomic E-state index is 13.7. The van der Waals surface area contributed by atoms with Gasteiger partial charge >= 0.3 is 0 Å². The van der Waals surface area contributed by atoms with Gasteiger partial charge in [0.15, 0.2) is 16.5 Å². The number of hydrogen-bond acceptors (Lipinski definition) is 7. The summed E-state index contributed by atoms with van der Waals surface area (Å²) in [6.45, 7) is 0.657. The van der Waals surface area contributed by atoms with Crippen LogP contribution in [-0.4, -0.2) is 35.3 Å². The molecule has 2 aromatic heterocycles. The number of aromatic hydroxyl groups is 1. The van der Waals surface area contributed by atoms with E-state index in [1.54, 1.807) is 18.6 Å². The molecule has 1 aliphatic heterocycles. The Kier molecular flexibility index (Phi) is 4.88. The summed E-state index contributed by atoms with van der Waals surface area (Å²) in [5.74, 6) is 0.955. The van der Waals surface area contributed by atoms with Crippen LogP contribution in [0.3, 0.4) is 0 Å². The van der Waals surface area contributed by atoms with E-state index in [1.807, 2.05) is 47.8 Å². The molecule has 8 heteroatoms. The molecule has 4 aromatic rings. The number of ether oxygens (including phenoxy) is 2. The van der Waals surface area contributed by atoms with Gasteiger partial charge in [0, 0.05) is 11.9 Å². The van der Waals surface area contributed by atoms with E-state index >= 15 is 0 Å². The van der Waals surface area contributed by atoms with Gasteiger partial charge in [0.1, 0.15) is 5.56 Å². The van der Waals surface area contributed by atoms with Crippen molar-refractivity contribution < 1.29 is 14.6 Å². The van der Waals surface area contributed by atoms with Gasteiger partial charge in [-0.05, 0) is 35.2 Å². The molecule has 31 heavy (non-hydrogen) atoms. The summed E-state index contributed by atoms with van der Waals surface area (Å²) in [5, 5.41) is 16.0. The van der Waals surface area contributed by atoms with E-state index in [0.717, 1.165) is 28.8 Å². The first-order valence-corrected chi connectivity index (χ1v) is 10.8. The second-order valence-corrected chi connectivity index (χ2v) is 8.14. The molecule has 0 fully saturated rings. The molecule has 0 bridgehead atoms. The van der Waals surface area contributed by atoms with Crippen LogP contribution in [-0.2, 0) is 6.42 Å². The number of aromatic nitrogens is 2. The van der Waals surface area contributed by atoms with Gasteiger partial charge in [0.25, 0.3) is 5.56 Å². The van der Waals surface area contributed by atoms with Crippen molar-refractivity contribution in [2.45, 2.75) is 12.5 Å². The Bertz CT molecular complexity index is 1330. The molecule has 0 saturated heterocycles. The second-order valence-electron chi connectivity index (χ2n) is 7.30. The molecule has 1 aliphatic rings. The fourth-order valence-corrected chi connectivity index (χ4v) is 5.04. The number of benzene rings is 2. The summed E-state index contributed by atoms with van der Waals surface area (Å²) < 4.78 is 12.5. The van der Waals surface area contributed by atoms with Gasteiger partial charge in [0.05, 0.1) is 26.0 Å². The highest BCUT2D eigenvalue weighted by Crippen LogP contribution is 2.38. The lowest BCUT2D eigenvalue weighted by Crippen LogP contribution is -2.35. The minimum atomic E-state index is -0.510. The van der Waals surface area contributed by atoms with Crippen molar-refractivity contribution in [3.63, 3.8) is 0 Å². The van der Waals surface area contributed by atoms with E-state index in [0.29, 0.717) is 23.0 Å². The third-order valence-corrected chi connectivity index (χ3v) is 6.47. The van der Waals surface area contributed by atoms with Gasteiger partial charge in [0.2, 0.25) is 5.88 Å². The quantitative estimate of drug-likeness (QED) is 0.511. The maximum atomic E-state index is 13.7. The molecule has 2 N–H and O–H groups in total. The third-order valence-electron chi connectivity index (χ3n) is 5.64. The van der Waals surface area contributed by atoms with Crippen molar-refractivity contribution in [1.29, 1.82) is 0 Å². The van der Waals surface area contributed by atoms with Crippen molar-refractivity contribution in [1.82, 2.24) is 14.7 Å². The van der Waals surface area contributed by atoms with Crippen molar-refractivity contribution >= 4 is 16.3 Å². The molecule has 1 atom stereocenters. The number of fused-ring (bicyclic) bond motifs is 2. The topological polar surface area (TPSA) is 85.1 Å². The largest absolute Gasteiger partial charge is 0.493 e. The van der Waals surface area contributed by atoms with Gasteiger partial charge in [-0.1, -0.05) is 30.3 Å². The Balaban J connectivity index is 1.73. The van der Waals surface area contributed by atoms with Crippen molar-refractivity contribution in [3.8, 4) is 28.6 Å². The number of nitrogens with zero attached hydrogens (tertiary/aromatic N) is 2. The van der Waals surface area contributed by atoms with Crippen LogP contribution in [0.5, 0.6) is 17.4 Å². The molecular weight excluding hydrogens is 414 g/mol. The molecular formula is C23H21N3O4S. The highest BCUT2D eigenvalue weighted by atomic mass is 32.1. The molecule has 0 aliphatic carbocycles. The predicted octanol–water partition coefficient (Wildman–Crippen LogP) is 3.38. The molecule has 7 nitrogen and oxygen atoms in total. The van der Waals surface area contributed by atoms with Crippen LogP contribution in [0.2, 0.25) is 0 Å². The summed E-state index contributed by atoms with van der Waals surface area (Å²) >= 11 is 1.32. The first-order chi connectivity index (χ1) is 15.1. The standard InChI is InChI=1S/C23H21N3O4S/c1-29-17-10-14-8-9-24-20(15(14)11-18(17)30-2)19-21(27)25-23-26(22(19)28)16(12-31-23)13-6-4-3-5-7-13/h3-7,10-12,20,24,27H,8-9H2,1-2H3. The summed E-state index contributed by atoms with van der Waals surface area (Å²) in [6, 6.07) is 13.0. The minimum Gasteiger partial charge on any atom is -0.493 e. The summed E-state index contributed by atoms with van der Waals surface area (Å²) in [4.78, 5) is 18.5. The number of rotatable bonds is 4. The lowest BCUT2D eigenvalue weighted by Gasteiger charge is -2.28. The van der Waals surface area contributed by atoms with E-state index in [-0.39, 0.29) is 17.0 Å². The predicted molar refractivity (Wildman–Crippen MR) is 120 cm³/mol. The Morgan fingerprint density at radius 1 is 1.16 bits per heavy atom. The van der Waals surface area contributed by atoms with Crippen LogP contribution in [0.1, 0.15) is 22.7 Å². The van der Waals surface area contributed by atoms with Crippen LogP contribution in [0.15, 0.2) is 52.6 Å². The van der Waals surface area contributed by atoms with E-state index < -0.39 is 6.04 Å². The highest BCUT2D eigenvalue weighted by Gasteiger charge is 2.30. The zero-order valence-corrected chi connectivity index (χ0v) is 17.9. The summed E-state index contributed by atoms with van der Waals surface area (Å²) in [5.41, 5.74) is 3.51. The van der Waals surface area contributed by atoms with Gasteiger partial charge in [-0.15, -0.1) is 11.3 Å². The van der Waals surface area contributed by atoms with Crippen LogP contribution in [0.25, 0.3) is 16.2 Å². The van der Waals surface area contributed by atoms with Crippen LogP contribution in [0.4, 0.5) is 0 Å². The first kappa shape index (κ1) is 19.6.